The maximum Gasteiger partial charge on any atom is 0.419 e. The second-order valence-electron chi connectivity index (χ2n) is 8.60. The minimum Gasteiger partial charge on any atom is -0.496 e. The molecule has 2 amide bonds. The fourth-order valence-corrected chi connectivity index (χ4v) is 4.75. The van der Waals surface area contributed by atoms with Crippen LogP contribution in [0.1, 0.15) is 27.4 Å². The lowest BCUT2D eigenvalue weighted by molar-refractivity contribution is -0.138. The second-order valence-corrected chi connectivity index (χ2v) is 9.42. The van der Waals surface area contributed by atoms with Crippen molar-refractivity contribution >= 4 is 35.0 Å². The molecule has 202 valence electrons. The number of nitrogens with two attached hydrogens (primary N) is 1. The van der Waals surface area contributed by atoms with E-state index >= 15 is 0 Å². The van der Waals surface area contributed by atoms with Gasteiger partial charge in [-0.1, -0.05) is 41.9 Å². The molecule has 6 nitrogen and oxygen atoms in total. The Kier molecular flexibility index (Phi) is 9.17. The van der Waals surface area contributed by atoms with E-state index in [4.69, 9.17) is 33.7 Å². The number of rotatable bonds is 7. The van der Waals surface area contributed by atoms with Gasteiger partial charge in [0.15, 0.2) is 0 Å². The van der Waals surface area contributed by atoms with Crippen molar-refractivity contribution in [3.05, 3.63) is 99.7 Å². The van der Waals surface area contributed by atoms with Crippen molar-refractivity contribution in [2.75, 3.05) is 27.2 Å². The molecule has 0 radical (unpaired) electrons. The second kappa shape index (κ2) is 12.0. The molecule has 0 unspecified atom stereocenters. The molecule has 0 bridgehead atoms. The van der Waals surface area contributed by atoms with Crippen molar-refractivity contribution in [2.24, 2.45) is 5.73 Å². The number of halogens is 5. The molecule has 0 spiro atoms. The summed E-state index contributed by atoms with van der Waals surface area (Å²) in [7, 11) is 2.61. The Morgan fingerprint density at radius 1 is 1.16 bits per heavy atom. The molecule has 2 atom stereocenters. The topological polar surface area (TPSA) is 75.9 Å². The Balaban J connectivity index is 2.01. The first-order valence-electron chi connectivity index (χ1n) is 11.4. The van der Waals surface area contributed by atoms with Gasteiger partial charge in [0.05, 0.1) is 28.8 Å². The van der Waals surface area contributed by atoms with Gasteiger partial charge in [-0.25, -0.2) is 0 Å². The zero-order valence-corrected chi connectivity index (χ0v) is 22.1. The van der Waals surface area contributed by atoms with E-state index in [9.17, 15) is 22.8 Å². The highest BCUT2D eigenvalue weighted by Gasteiger charge is 2.41. The van der Waals surface area contributed by atoms with Gasteiger partial charge in [-0.15, -0.1) is 0 Å². The minimum absolute atomic E-state index is 0.112. The van der Waals surface area contributed by atoms with Crippen LogP contribution in [-0.4, -0.2) is 54.9 Å². The standard InChI is InChI=1S/C27H26Cl2F3N3O3/c1-4-5-16(10-11-33)26(37)35-14-19(17-6-8-21(28)22(29)13-17)23(15-35)34(2)25(36)18-7-9-24(38-3)20(12-18)27(30,31)32/h4-13,19,23H,1,14-15,33H2,2-3H3/b11-10-,16-5+/t19-,23+/m0/s1. The average Bonchev–Trinajstić information content (AvgIpc) is 3.33. The highest BCUT2D eigenvalue weighted by molar-refractivity contribution is 6.42. The van der Waals surface area contributed by atoms with Gasteiger partial charge in [0.25, 0.3) is 11.8 Å². The number of likely N-dealkylation sites (tertiary alicyclic amines) is 1. The van der Waals surface area contributed by atoms with E-state index in [1.165, 1.54) is 42.4 Å². The summed E-state index contributed by atoms with van der Waals surface area (Å²) < 4.78 is 45.6. The van der Waals surface area contributed by atoms with E-state index in [-0.39, 0.29) is 30.1 Å². The molecule has 0 saturated carbocycles. The van der Waals surface area contributed by atoms with E-state index in [1.807, 2.05) is 0 Å². The summed E-state index contributed by atoms with van der Waals surface area (Å²) in [6, 6.07) is 7.57. The van der Waals surface area contributed by atoms with Gasteiger partial charge < -0.3 is 20.3 Å². The largest absolute Gasteiger partial charge is 0.496 e. The summed E-state index contributed by atoms with van der Waals surface area (Å²) in [4.78, 5) is 29.6. The fraction of sp³-hybridized carbons (Fsp3) is 0.259. The van der Waals surface area contributed by atoms with Crippen molar-refractivity contribution in [3.63, 3.8) is 0 Å². The molecule has 1 saturated heterocycles. The molecule has 1 heterocycles. The summed E-state index contributed by atoms with van der Waals surface area (Å²) in [5, 5.41) is 0.634. The number of hydrogen-bond acceptors (Lipinski definition) is 4. The number of hydrogen-bond donors (Lipinski definition) is 1. The first kappa shape index (κ1) is 29.1. The predicted octanol–water partition coefficient (Wildman–Crippen LogP) is 5.67. The molecule has 0 aliphatic carbocycles. The molecule has 2 aromatic carbocycles. The lowest BCUT2D eigenvalue weighted by Gasteiger charge is -2.29. The zero-order valence-electron chi connectivity index (χ0n) is 20.6. The van der Waals surface area contributed by atoms with Crippen LogP contribution in [0, 0.1) is 0 Å². The first-order valence-corrected chi connectivity index (χ1v) is 12.2. The summed E-state index contributed by atoms with van der Waals surface area (Å²) in [5.41, 5.74) is 5.27. The quantitative estimate of drug-likeness (QED) is 0.345. The smallest absolute Gasteiger partial charge is 0.419 e. The Bertz CT molecular complexity index is 1290. The molecule has 3 rings (SSSR count). The SMILES string of the molecule is C=C/C=C(\C=C/N)C(=O)N1C[C@@H](N(C)C(=O)c2ccc(OC)c(C(F)(F)F)c2)[C@H](c2ccc(Cl)c(Cl)c2)C1. The van der Waals surface area contributed by atoms with Gasteiger partial charge >= 0.3 is 6.18 Å². The molecule has 11 heteroatoms. The number of likely N-dealkylation sites (N-methyl/N-ethyl adjacent to an activating group) is 1. The van der Waals surface area contributed by atoms with Crippen molar-refractivity contribution in [1.29, 1.82) is 0 Å². The van der Waals surface area contributed by atoms with Crippen molar-refractivity contribution < 1.29 is 27.5 Å². The zero-order chi connectivity index (χ0) is 28.2. The lowest BCUT2D eigenvalue weighted by Crippen LogP contribution is -2.42. The molecule has 1 aliphatic rings. The van der Waals surface area contributed by atoms with E-state index in [0.29, 0.717) is 15.6 Å². The summed E-state index contributed by atoms with van der Waals surface area (Å²) in [6.45, 7) is 3.94. The van der Waals surface area contributed by atoms with Crippen LogP contribution in [-0.2, 0) is 11.0 Å². The Morgan fingerprint density at radius 2 is 1.87 bits per heavy atom. The van der Waals surface area contributed by atoms with Gasteiger partial charge in [-0.3, -0.25) is 9.59 Å². The summed E-state index contributed by atoms with van der Waals surface area (Å²) in [5.74, 6) is -1.79. The number of benzene rings is 2. The van der Waals surface area contributed by atoms with E-state index < -0.39 is 35.4 Å². The number of carbonyl (C=O) groups excluding carboxylic acids is 2. The van der Waals surface area contributed by atoms with Crippen LogP contribution in [0.5, 0.6) is 5.75 Å². The molecule has 1 fully saturated rings. The van der Waals surface area contributed by atoms with Crippen LogP contribution >= 0.6 is 23.2 Å². The minimum atomic E-state index is -4.72. The molecule has 0 aromatic heterocycles. The Hall–Kier alpha value is -3.43. The molecule has 1 aliphatic heterocycles. The van der Waals surface area contributed by atoms with Crippen LogP contribution in [0.3, 0.4) is 0 Å². The maximum atomic E-state index is 13.6. The van der Waals surface area contributed by atoms with E-state index in [0.717, 1.165) is 19.2 Å². The number of amides is 2. The summed E-state index contributed by atoms with van der Waals surface area (Å²) in [6.07, 6.45) is 0.918. The van der Waals surface area contributed by atoms with Gasteiger partial charge in [-0.2, -0.15) is 13.2 Å². The third kappa shape index (κ3) is 6.16. The Labute approximate surface area is 228 Å². The first-order chi connectivity index (χ1) is 17.9. The van der Waals surface area contributed by atoms with Crippen LogP contribution in [0.2, 0.25) is 10.0 Å². The van der Waals surface area contributed by atoms with Gasteiger partial charge in [-0.05, 0) is 54.2 Å². The average molecular weight is 568 g/mol. The number of allylic oxidation sites excluding steroid dienone is 2. The Morgan fingerprint density at radius 3 is 2.45 bits per heavy atom. The van der Waals surface area contributed by atoms with Crippen molar-refractivity contribution in [2.45, 2.75) is 18.1 Å². The molecular formula is C27H26Cl2F3N3O3. The van der Waals surface area contributed by atoms with Gasteiger partial charge in [0, 0.05) is 37.2 Å². The van der Waals surface area contributed by atoms with E-state index in [1.54, 1.807) is 23.1 Å². The van der Waals surface area contributed by atoms with E-state index in [2.05, 4.69) is 6.58 Å². The highest BCUT2D eigenvalue weighted by atomic mass is 35.5. The number of methoxy groups -OCH3 is 1. The van der Waals surface area contributed by atoms with Crippen LogP contribution in [0.15, 0.2) is 73.0 Å². The van der Waals surface area contributed by atoms with Crippen molar-refractivity contribution in [1.82, 2.24) is 9.80 Å². The fourth-order valence-electron chi connectivity index (χ4n) is 4.44. The van der Waals surface area contributed by atoms with Gasteiger partial charge in [0.2, 0.25) is 0 Å². The lowest BCUT2D eigenvalue weighted by atomic mass is 9.93. The number of alkyl halides is 3. The number of ether oxygens (including phenoxy) is 1. The normalized spacial score (nSPS) is 18.1. The predicted molar refractivity (Wildman–Crippen MR) is 141 cm³/mol. The monoisotopic (exact) mass is 567 g/mol. The molecule has 2 N–H and O–H groups in total. The summed E-state index contributed by atoms with van der Waals surface area (Å²) >= 11 is 12.3. The third-order valence-corrected chi connectivity index (χ3v) is 7.08. The molecule has 38 heavy (non-hydrogen) atoms. The highest BCUT2D eigenvalue weighted by Crippen LogP contribution is 2.38. The molecular weight excluding hydrogens is 542 g/mol. The maximum absolute atomic E-state index is 13.6. The molecule has 2 aromatic rings. The number of nitrogens with zero attached hydrogens (tertiary/aromatic N) is 2. The van der Waals surface area contributed by atoms with Crippen molar-refractivity contribution in [3.8, 4) is 5.75 Å². The van der Waals surface area contributed by atoms with Gasteiger partial charge in [0.1, 0.15) is 5.75 Å². The number of carbonyl (C=O) groups is 2. The van der Waals surface area contributed by atoms with Crippen LogP contribution < -0.4 is 10.5 Å². The third-order valence-electron chi connectivity index (χ3n) is 6.34. The van der Waals surface area contributed by atoms with Crippen LogP contribution in [0.25, 0.3) is 0 Å². The van der Waals surface area contributed by atoms with Crippen LogP contribution in [0.4, 0.5) is 13.2 Å².